The molecular formula is C20H16FNO4. The lowest BCUT2D eigenvalue weighted by Gasteiger charge is -2.31. The SMILES string of the molecule is COc1ccc(C2CC(=O)N(c3ccc(F)cc3)C3=C2C(=O)OC3)cc1. The number of halogens is 1. The summed E-state index contributed by atoms with van der Waals surface area (Å²) in [6, 6.07) is 12.9. The number of hydrogen-bond donors (Lipinski definition) is 0. The summed E-state index contributed by atoms with van der Waals surface area (Å²) in [5, 5.41) is 0. The maximum Gasteiger partial charge on any atom is 0.336 e. The van der Waals surface area contributed by atoms with Gasteiger partial charge >= 0.3 is 5.97 Å². The Balaban J connectivity index is 1.78. The molecule has 0 radical (unpaired) electrons. The molecule has 1 amide bonds. The Morgan fingerprint density at radius 2 is 1.77 bits per heavy atom. The number of rotatable bonds is 3. The van der Waals surface area contributed by atoms with Crippen molar-refractivity contribution in [2.24, 2.45) is 0 Å². The van der Waals surface area contributed by atoms with Crippen molar-refractivity contribution < 1.29 is 23.5 Å². The molecule has 26 heavy (non-hydrogen) atoms. The van der Waals surface area contributed by atoms with Crippen LogP contribution in [0.15, 0.2) is 59.8 Å². The molecule has 0 fully saturated rings. The monoisotopic (exact) mass is 353 g/mol. The van der Waals surface area contributed by atoms with Gasteiger partial charge < -0.3 is 9.47 Å². The molecule has 0 N–H and O–H groups in total. The van der Waals surface area contributed by atoms with Crippen LogP contribution in [0, 0.1) is 5.82 Å². The van der Waals surface area contributed by atoms with Crippen LogP contribution in [0.25, 0.3) is 0 Å². The first kappa shape index (κ1) is 16.3. The second kappa shape index (κ2) is 6.29. The first-order valence-electron chi connectivity index (χ1n) is 8.21. The standard InChI is InChI=1S/C20H16FNO4/c1-25-15-8-2-12(3-9-15)16-10-18(23)22(14-6-4-13(21)5-7-14)17-11-26-20(24)19(16)17/h2-9,16H,10-11H2,1H3. The summed E-state index contributed by atoms with van der Waals surface area (Å²) in [5.74, 6) is -0.626. The van der Waals surface area contributed by atoms with Crippen LogP contribution >= 0.6 is 0 Å². The van der Waals surface area contributed by atoms with E-state index >= 15 is 0 Å². The Bertz CT molecular complexity index is 902. The molecule has 2 aliphatic rings. The third kappa shape index (κ3) is 2.63. The van der Waals surface area contributed by atoms with Gasteiger partial charge in [0, 0.05) is 18.0 Å². The van der Waals surface area contributed by atoms with E-state index in [0.717, 1.165) is 5.56 Å². The second-order valence-corrected chi connectivity index (χ2v) is 6.17. The van der Waals surface area contributed by atoms with Crippen molar-refractivity contribution >= 4 is 17.6 Å². The van der Waals surface area contributed by atoms with Crippen molar-refractivity contribution in [3.8, 4) is 5.75 Å². The van der Waals surface area contributed by atoms with Crippen LogP contribution < -0.4 is 9.64 Å². The van der Waals surface area contributed by atoms with Crippen LogP contribution in [0.3, 0.4) is 0 Å². The van der Waals surface area contributed by atoms with Crippen molar-refractivity contribution in [3.63, 3.8) is 0 Å². The highest BCUT2D eigenvalue weighted by Gasteiger charge is 2.42. The second-order valence-electron chi connectivity index (χ2n) is 6.17. The Kier molecular flexibility index (Phi) is 3.95. The highest BCUT2D eigenvalue weighted by molar-refractivity contribution is 6.06. The molecule has 2 aromatic carbocycles. The average molecular weight is 353 g/mol. The molecule has 0 aliphatic carbocycles. The topological polar surface area (TPSA) is 55.8 Å². The third-order valence-electron chi connectivity index (χ3n) is 4.72. The number of esters is 1. The van der Waals surface area contributed by atoms with Crippen molar-refractivity contribution in [3.05, 3.63) is 71.2 Å². The van der Waals surface area contributed by atoms with E-state index in [-0.39, 0.29) is 30.7 Å². The van der Waals surface area contributed by atoms with Gasteiger partial charge in [0.2, 0.25) is 5.91 Å². The maximum absolute atomic E-state index is 13.2. The molecule has 0 spiro atoms. The zero-order valence-corrected chi connectivity index (χ0v) is 14.1. The summed E-state index contributed by atoms with van der Waals surface area (Å²) >= 11 is 0. The fraction of sp³-hybridized carbons (Fsp3) is 0.200. The highest BCUT2D eigenvalue weighted by Crippen LogP contribution is 2.42. The number of nitrogens with zero attached hydrogens (tertiary/aromatic N) is 1. The van der Waals surface area contributed by atoms with Gasteiger partial charge in [0.1, 0.15) is 18.2 Å². The van der Waals surface area contributed by atoms with Crippen LogP contribution in [0.5, 0.6) is 5.75 Å². The van der Waals surface area contributed by atoms with Gasteiger partial charge in [-0.15, -0.1) is 0 Å². The summed E-state index contributed by atoms with van der Waals surface area (Å²) in [4.78, 5) is 26.7. The summed E-state index contributed by atoms with van der Waals surface area (Å²) in [6.07, 6.45) is 0.137. The van der Waals surface area contributed by atoms with Crippen LogP contribution in [0.4, 0.5) is 10.1 Å². The lowest BCUT2D eigenvalue weighted by molar-refractivity contribution is -0.136. The first-order chi connectivity index (χ1) is 12.6. The third-order valence-corrected chi connectivity index (χ3v) is 4.72. The molecule has 0 saturated heterocycles. The smallest absolute Gasteiger partial charge is 0.336 e. The fourth-order valence-corrected chi connectivity index (χ4v) is 3.46. The van der Waals surface area contributed by atoms with Crippen molar-refractivity contribution in [1.29, 1.82) is 0 Å². The number of benzene rings is 2. The minimum atomic E-state index is -0.416. The Hall–Kier alpha value is -3.15. The Morgan fingerprint density at radius 1 is 1.08 bits per heavy atom. The molecule has 1 atom stereocenters. The molecule has 132 valence electrons. The predicted octanol–water partition coefficient (Wildman–Crippen LogP) is 3.17. The minimum Gasteiger partial charge on any atom is -0.497 e. The lowest BCUT2D eigenvalue weighted by Crippen LogP contribution is -2.37. The fourth-order valence-electron chi connectivity index (χ4n) is 3.46. The van der Waals surface area contributed by atoms with E-state index < -0.39 is 5.97 Å². The molecule has 6 heteroatoms. The number of hydrogen-bond acceptors (Lipinski definition) is 4. The molecule has 0 aromatic heterocycles. The quantitative estimate of drug-likeness (QED) is 0.796. The van der Waals surface area contributed by atoms with Gasteiger partial charge in [0.05, 0.1) is 18.4 Å². The summed E-state index contributed by atoms with van der Waals surface area (Å²) < 4.78 is 23.6. The van der Waals surface area contributed by atoms with Gasteiger partial charge in [-0.1, -0.05) is 12.1 Å². The highest BCUT2D eigenvalue weighted by atomic mass is 19.1. The lowest BCUT2D eigenvalue weighted by atomic mass is 9.84. The van der Waals surface area contributed by atoms with Crippen molar-refractivity contribution in [2.75, 3.05) is 18.6 Å². The van der Waals surface area contributed by atoms with E-state index in [1.807, 2.05) is 12.1 Å². The molecule has 4 rings (SSSR count). The Labute approximate surface area is 149 Å². The molecule has 2 heterocycles. The van der Waals surface area contributed by atoms with E-state index in [4.69, 9.17) is 9.47 Å². The number of carbonyl (C=O) groups is 2. The van der Waals surface area contributed by atoms with Gasteiger partial charge in [-0.3, -0.25) is 9.69 Å². The number of cyclic esters (lactones) is 1. The molecule has 0 saturated carbocycles. The molecule has 1 unspecified atom stereocenters. The van der Waals surface area contributed by atoms with E-state index in [1.165, 1.54) is 29.2 Å². The van der Waals surface area contributed by atoms with Crippen molar-refractivity contribution in [1.82, 2.24) is 0 Å². The molecule has 2 aromatic rings. The van der Waals surface area contributed by atoms with Gasteiger partial charge in [-0.05, 0) is 42.0 Å². The van der Waals surface area contributed by atoms with Crippen LogP contribution in [0.2, 0.25) is 0 Å². The zero-order chi connectivity index (χ0) is 18.3. The van der Waals surface area contributed by atoms with Crippen LogP contribution in [0.1, 0.15) is 17.9 Å². The van der Waals surface area contributed by atoms with Crippen molar-refractivity contribution in [2.45, 2.75) is 12.3 Å². The number of methoxy groups -OCH3 is 1. The van der Waals surface area contributed by atoms with Gasteiger partial charge in [0.25, 0.3) is 0 Å². The van der Waals surface area contributed by atoms with Crippen LogP contribution in [-0.4, -0.2) is 25.6 Å². The molecule has 0 bridgehead atoms. The number of amides is 1. The predicted molar refractivity (Wildman–Crippen MR) is 92.2 cm³/mol. The van der Waals surface area contributed by atoms with E-state index in [2.05, 4.69) is 0 Å². The summed E-state index contributed by atoms with van der Waals surface area (Å²) in [5.41, 5.74) is 2.39. The van der Waals surface area contributed by atoms with E-state index in [1.54, 1.807) is 19.2 Å². The minimum absolute atomic E-state index is 0.0317. The van der Waals surface area contributed by atoms with E-state index in [0.29, 0.717) is 22.7 Å². The van der Waals surface area contributed by atoms with E-state index in [9.17, 15) is 14.0 Å². The number of carbonyl (C=O) groups excluding carboxylic acids is 2. The van der Waals surface area contributed by atoms with Crippen LogP contribution in [-0.2, 0) is 14.3 Å². The number of anilines is 1. The summed E-state index contributed by atoms with van der Waals surface area (Å²) in [7, 11) is 1.58. The zero-order valence-electron chi connectivity index (χ0n) is 14.1. The normalized spacial score (nSPS) is 19.5. The Morgan fingerprint density at radius 3 is 2.42 bits per heavy atom. The first-order valence-corrected chi connectivity index (χ1v) is 8.21. The number of ether oxygens (including phenoxy) is 2. The van der Waals surface area contributed by atoms with Gasteiger partial charge in [-0.2, -0.15) is 0 Å². The molecule has 5 nitrogen and oxygen atoms in total. The van der Waals surface area contributed by atoms with Gasteiger partial charge in [-0.25, -0.2) is 9.18 Å². The maximum atomic E-state index is 13.2. The van der Waals surface area contributed by atoms with Gasteiger partial charge in [0.15, 0.2) is 0 Å². The average Bonchev–Trinajstić information content (AvgIpc) is 3.04. The summed E-state index contributed by atoms with van der Waals surface area (Å²) in [6.45, 7) is 0.0317. The largest absolute Gasteiger partial charge is 0.497 e. The molecule has 2 aliphatic heterocycles. The molecular weight excluding hydrogens is 337 g/mol.